The van der Waals surface area contributed by atoms with E-state index in [1.165, 1.54) is 70.6 Å². The SMILES string of the molecule is CCCCCC/C=C\CCCCCCCCCC(=O)OC[C@H](COP(=O)([O-])OC[C@@H](O)COP(=O)([O-])[O-])OC(=O)CCCCCCC/C=C\CCCCCC. The first-order chi connectivity index (χ1) is 26.4. The Morgan fingerprint density at radius 1 is 0.527 bits per heavy atom. The minimum Gasteiger partial charge on any atom is -0.790 e. The van der Waals surface area contributed by atoms with E-state index in [2.05, 4.69) is 47.2 Å². The average Bonchev–Trinajstić information content (AvgIpc) is 3.14. The molecular weight excluding hydrogens is 750 g/mol. The second kappa shape index (κ2) is 36.9. The first-order valence-electron chi connectivity index (χ1n) is 21.0. The standard InChI is InChI=1S/C40H76O13P2/c1-3-5-7-9-11-13-15-17-18-20-21-23-25-27-29-31-39(42)49-35-38(36-52-55(47,48)51-34-37(41)33-50-54(44,45)46)53-40(43)32-30-28-26-24-22-19-16-14-12-10-8-6-4-2/h13-16,37-38,41H,3-12,17-36H2,1-2H3,(H,47,48)(H2,44,45,46)/p-3/b15-13-,16-14-/t37-,38+/m0/s1. The Hall–Kier alpha value is -1.40. The highest BCUT2D eigenvalue weighted by atomic mass is 31.2. The lowest BCUT2D eigenvalue weighted by molar-refractivity contribution is -0.342. The first kappa shape index (κ1) is 53.6. The van der Waals surface area contributed by atoms with E-state index in [1.54, 1.807) is 0 Å². The molecule has 0 radical (unpaired) electrons. The number of unbranched alkanes of at least 4 members (excludes halogenated alkanes) is 20. The van der Waals surface area contributed by atoms with Crippen LogP contribution in [0.5, 0.6) is 0 Å². The Bertz CT molecular complexity index is 1080. The molecule has 1 N–H and O–H groups in total. The van der Waals surface area contributed by atoms with Crippen molar-refractivity contribution in [3.05, 3.63) is 24.3 Å². The van der Waals surface area contributed by atoms with Gasteiger partial charge in [0.2, 0.25) is 0 Å². The minimum atomic E-state index is -5.37. The second-order valence-electron chi connectivity index (χ2n) is 14.2. The highest BCUT2D eigenvalue weighted by Gasteiger charge is 2.22. The Balaban J connectivity index is 4.54. The van der Waals surface area contributed by atoms with Crippen LogP contribution < -0.4 is 14.7 Å². The van der Waals surface area contributed by atoms with Crippen LogP contribution >= 0.6 is 15.6 Å². The number of ether oxygens (including phenoxy) is 2. The molecule has 13 nitrogen and oxygen atoms in total. The third-order valence-corrected chi connectivity index (χ3v) is 10.2. The number of phosphoric acid groups is 2. The topological polar surface area (TPSA) is 204 Å². The fourth-order valence-electron chi connectivity index (χ4n) is 5.56. The average molecular weight is 824 g/mol. The molecule has 0 aliphatic heterocycles. The predicted octanol–water partition coefficient (Wildman–Crippen LogP) is 8.44. The van der Waals surface area contributed by atoms with Crippen LogP contribution in [0.4, 0.5) is 0 Å². The van der Waals surface area contributed by atoms with Gasteiger partial charge in [0, 0.05) is 12.8 Å². The number of allylic oxidation sites excluding steroid dienone is 4. The molecule has 0 aromatic heterocycles. The number of carbonyl (C=O) groups excluding carboxylic acids is 2. The van der Waals surface area contributed by atoms with Crippen molar-refractivity contribution in [1.29, 1.82) is 0 Å². The maximum Gasteiger partial charge on any atom is 0.306 e. The number of carbonyl (C=O) groups is 2. The van der Waals surface area contributed by atoms with E-state index in [9.17, 15) is 38.5 Å². The monoisotopic (exact) mass is 823 g/mol. The number of hydrogen-bond donors (Lipinski definition) is 1. The molecule has 0 heterocycles. The number of hydrogen-bond acceptors (Lipinski definition) is 13. The summed E-state index contributed by atoms with van der Waals surface area (Å²) in [5, 5.41) is 9.64. The van der Waals surface area contributed by atoms with Gasteiger partial charge in [-0.1, -0.05) is 128 Å². The summed E-state index contributed by atoms with van der Waals surface area (Å²) < 4.78 is 46.7. The van der Waals surface area contributed by atoms with Crippen molar-refractivity contribution in [3.8, 4) is 0 Å². The fourth-order valence-corrected chi connectivity index (χ4v) is 6.69. The molecule has 0 saturated heterocycles. The molecule has 15 heteroatoms. The molecule has 0 aliphatic rings. The molecule has 0 bridgehead atoms. The third kappa shape index (κ3) is 40.6. The van der Waals surface area contributed by atoms with Gasteiger partial charge in [-0.05, 0) is 64.2 Å². The van der Waals surface area contributed by atoms with Crippen molar-refractivity contribution < 1.29 is 61.6 Å². The minimum absolute atomic E-state index is 0.0962. The van der Waals surface area contributed by atoms with Gasteiger partial charge in [0.25, 0.3) is 7.82 Å². The number of aliphatic hydroxyl groups excluding tert-OH is 1. The molecule has 1 unspecified atom stereocenters. The van der Waals surface area contributed by atoms with Crippen molar-refractivity contribution in [2.75, 3.05) is 26.4 Å². The molecule has 0 spiro atoms. The van der Waals surface area contributed by atoms with Crippen LogP contribution in [0.15, 0.2) is 24.3 Å². The highest BCUT2D eigenvalue weighted by molar-refractivity contribution is 7.45. The van der Waals surface area contributed by atoms with Crippen LogP contribution in [0.1, 0.15) is 181 Å². The van der Waals surface area contributed by atoms with Gasteiger partial charge in [-0.3, -0.25) is 14.2 Å². The van der Waals surface area contributed by atoms with Gasteiger partial charge in [-0.15, -0.1) is 0 Å². The molecule has 324 valence electrons. The summed E-state index contributed by atoms with van der Waals surface area (Å²) in [5.74, 6) is -1.10. The molecule has 0 rings (SSSR count). The Morgan fingerprint density at radius 2 is 0.909 bits per heavy atom. The number of rotatable bonds is 40. The molecule has 0 aromatic rings. The molecule has 0 aliphatic carbocycles. The second-order valence-corrected chi connectivity index (χ2v) is 16.8. The van der Waals surface area contributed by atoms with Gasteiger partial charge in [0.05, 0.1) is 27.6 Å². The smallest absolute Gasteiger partial charge is 0.306 e. The van der Waals surface area contributed by atoms with Gasteiger partial charge >= 0.3 is 11.9 Å². The van der Waals surface area contributed by atoms with E-state index in [1.807, 2.05) is 0 Å². The number of esters is 2. The van der Waals surface area contributed by atoms with Crippen LogP contribution in [0, 0.1) is 0 Å². The number of phosphoric ester groups is 2. The maximum absolute atomic E-state index is 12.6. The summed E-state index contributed by atoms with van der Waals surface area (Å²) in [6.07, 6.45) is 32.6. The lowest BCUT2D eigenvalue weighted by atomic mass is 10.1. The quantitative estimate of drug-likeness (QED) is 0.0267. The molecule has 0 amide bonds. The molecule has 55 heavy (non-hydrogen) atoms. The third-order valence-electron chi connectivity index (χ3n) is 8.78. The van der Waals surface area contributed by atoms with Crippen LogP contribution in [-0.4, -0.2) is 55.7 Å². The van der Waals surface area contributed by atoms with Crippen molar-refractivity contribution in [2.45, 2.75) is 193 Å². The van der Waals surface area contributed by atoms with Crippen LogP contribution in [0.25, 0.3) is 0 Å². The zero-order valence-corrected chi connectivity index (χ0v) is 35.7. The molecule has 0 saturated carbocycles. The van der Waals surface area contributed by atoms with E-state index in [0.29, 0.717) is 12.8 Å². The van der Waals surface area contributed by atoms with Gasteiger partial charge in [-0.25, -0.2) is 0 Å². The zero-order valence-electron chi connectivity index (χ0n) is 33.9. The van der Waals surface area contributed by atoms with E-state index in [4.69, 9.17) is 14.0 Å². The van der Waals surface area contributed by atoms with Crippen molar-refractivity contribution >= 4 is 27.6 Å². The first-order valence-corrected chi connectivity index (χ1v) is 23.9. The summed E-state index contributed by atoms with van der Waals surface area (Å²) >= 11 is 0. The molecule has 0 aromatic carbocycles. The molecule has 0 fully saturated rings. The van der Waals surface area contributed by atoms with E-state index < -0.39 is 66.2 Å². The normalized spacial score (nSPS) is 14.4. The lowest BCUT2D eigenvalue weighted by Crippen LogP contribution is -2.31. The lowest BCUT2D eigenvalue weighted by Gasteiger charge is -2.30. The Morgan fingerprint density at radius 3 is 1.36 bits per heavy atom. The summed E-state index contributed by atoms with van der Waals surface area (Å²) in [7, 11) is -10.5. The summed E-state index contributed by atoms with van der Waals surface area (Å²) in [5.41, 5.74) is 0. The fraction of sp³-hybridized carbons (Fsp3) is 0.850. The van der Waals surface area contributed by atoms with Gasteiger partial charge in [-0.2, -0.15) is 0 Å². The van der Waals surface area contributed by atoms with Crippen LogP contribution in [0.2, 0.25) is 0 Å². The van der Waals surface area contributed by atoms with Gasteiger partial charge in [0.1, 0.15) is 12.7 Å². The van der Waals surface area contributed by atoms with Crippen molar-refractivity contribution in [2.24, 2.45) is 0 Å². The van der Waals surface area contributed by atoms with Gasteiger partial charge < -0.3 is 47.4 Å². The summed E-state index contributed by atoms with van der Waals surface area (Å²) in [4.78, 5) is 58.4. The van der Waals surface area contributed by atoms with E-state index >= 15 is 0 Å². The van der Waals surface area contributed by atoms with E-state index in [0.717, 1.165) is 70.6 Å². The van der Waals surface area contributed by atoms with Crippen molar-refractivity contribution in [3.63, 3.8) is 0 Å². The largest absolute Gasteiger partial charge is 0.790 e. The molecular formula is C40H73O13P2-3. The van der Waals surface area contributed by atoms with Crippen LogP contribution in [-0.2, 0) is 41.8 Å². The Kier molecular flexibility index (Phi) is 36.0. The summed E-state index contributed by atoms with van der Waals surface area (Å²) in [6, 6.07) is 0. The highest BCUT2D eigenvalue weighted by Crippen LogP contribution is 2.38. The maximum atomic E-state index is 12.6. The zero-order chi connectivity index (χ0) is 40.9. The van der Waals surface area contributed by atoms with Crippen LogP contribution in [0.3, 0.4) is 0 Å². The number of aliphatic hydroxyl groups is 1. The van der Waals surface area contributed by atoms with E-state index in [-0.39, 0.29) is 12.8 Å². The summed E-state index contributed by atoms with van der Waals surface area (Å²) in [6.45, 7) is 1.32. The molecule has 3 atom stereocenters. The van der Waals surface area contributed by atoms with Gasteiger partial charge in [0.15, 0.2) is 6.10 Å². The van der Waals surface area contributed by atoms with Crippen molar-refractivity contribution in [1.82, 2.24) is 0 Å². The predicted molar refractivity (Wildman–Crippen MR) is 210 cm³/mol. The Labute approximate surface area is 332 Å².